The number of hydrogen-bond donors (Lipinski definition) is 2. The molecule has 0 unspecified atom stereocenters. The van der Waals surface area contributed by atoms with Gasteiger partial charge in [-0.05, 0) is 32.4 Å². The molecule has 1 aliphatic heterocycles. The normalized spacial score (nSPS) is 21.5. The zero-order chi connectivity index (χ0) is 13.9. The summed E-state index contributed by atoms with van der Waals surface area (Å²) in [6, 6.07) is 7.42. The van der Waals surface area contributed by atoms with E-state index < -0.39 is 5.60 Å². The molecule has 0 radical (unpaired) electrons. The fourth-order valence-corrected chi connectivity index (χ4v) is 2.04. The number of hydrogen-bond acceptors (Lipinski definition) is 3. The Morgan fingerprint density at radius 1 is 1.42 bits per heavy atom. The van der Waals surface area contributed by atoms with Gasteiger partial charge in [-0.25, -0.2) is 4.79 Å². The highest BCUT2D eigenvalue weighted by atomic mass is 16.7. The number of anilines is 1. The predicted octanol–water partition coefficient (Wildman–Crippen LogP) is 2.67. The molecule has 1 aliphatic rings. The summed E-state index contributed by atoms with van der Waals surface area (Å²) in [5, 5.41) is 9.54. The van der Waals surface area contributed by atoms with Gasteiger partial charge in [-0.15, -0.1) is 0 Å². The molecule has 5 heteroatoms. The second-order valence-electron chi connectivity index (χ2n) is 5.17. The quantitative estimate of drug-likeness (QED) is 0.878. The van der Waals surface area contributed by atoms with Crippen LogP contribution in [-0.4, -0.2) is 23.9 Å². The van der Waals surface area contributed by atoms with E-state index in [0.29, 0.717) is 6.54 Å². The second-order valence-corrected chi connectivity index (χ2v) is 5.17. The first kappa shape index (κ1) is 13.4. The van der Waals surface area contributed by atoms with Crippen LogP contribution in [0.5, 0.6) is 0 Å². The maximum absolute atomic E-state index is 11.8. The molecule has 2 amide bonds. The van der Waals surface area contributed by atoms with Crippen molar-refractivity contribution in [3.8, 4) is 0 Å². The van der Waals surface area contributed by atoms with Crippen molar-refractivity contribution in [1.29, 1.82) is 0 Å². The Morgan fingerprint density at radius 3 is 2.79 bits per heavy atom. The minimum absolute atomic E-state index is 0.233. The van der Waals surface area contributed by atoms with E-state index in [-0.39, 0.29) is 6.03 Å². The molecular weight excluding hydrogens is 242 g/mol. The van der Waals surface area contributed by atoms with Gasteiger partial charge in [0, 0.05) is 12.1 Å². The van der Waals surface area contributed by atoms with Gasteiger partial charge in [0.15, 0.2) is 5.60 Å². The lowest BCUT2D eigenvalue weighted by atomic mass is 10.0. The largest absolute Gasteiger partial charge is 0.387 e. The number of carbonyl (C=O) groups is 1. The highest BCUT2D eigenvalue weighted by Crippen LogP contribution is 2.22. The summed E-state index contributed by atoms with van der Waals surface area (Å²) in [4.78, 5) is 17.2. The zero-order valence-corrected chi connectivity index (χ0v) is 11.5. The van der Waals surface area contributed by atoms with Crippen LogP contribution >= 0.6 is 0 Å². The number of rotatable bonds is 3. The van der Waals surface area contributed by atoms with Gasteiger partial charge in [-0.2, -0.15) is 0 Å². The number of amides is 2. The smallest absolute Gasteiger partial charge is 0.319 e. The highest BCUT2D eigenvalue weighted by Gasteiger charge is 2.32. The van der Waals surface area contributed by atoms with Gasteiger partial charge >= 0.3 is 6.03 Å². The van der Waals surface area contributed by atoms with E-state index in [1.165, 1.54) is 0 Å². The van der Waals surface area contributed by atoms with E-state index in [1.54, 1.807) is 0 Å². The van der Waals surface area contributed by atoms with E-state index in [4.69, 9.17) is 4.84 Å². The number of nitrogens with zero attached hydrogens (tertiary/aromatic N) is 1. The van der Waals surface area contributed by atoms with Crippen molar-refractivity contribution in [2.75, 3.05) is 11.9 Å². The number of oxime groups is 1. The van der Waals surface area contributed by atoms with Crippen molar-refractivity contribution in [3.05, 3.63) is 29.8 Å². The Labute approximate surface area is 113 Å². The Bertz CT molecular complexity index is 513. The summed E-state index contributed by atoms with van der Waals surface area (Å²) in [6.07, 6.45) is 0.734. The molecule has 1 aromatic carbocycles. The third-order valence-corrected chi connectivity index (χ3v) is 3.07. The SMILES string of the molecule is CC1=NO[C@](C)(CNC(=O)Nc2ccccc2C)C1. The van der Waals surface area contributed by atoms with Crippen LogP contribution in [0.15, 0.2) is 29.4 Å². The number of benzene rings is 1. The second kappa shape index (κ2) is 5.30. The third-order valence-electron chi connectivity index (χ3n) is 3.07. The van der Waals surface area contributed by atoms with Gasteiger partial charge in [-0.1, -0.05) is 23.4 Å². The van der Waals surface area contributed by atoms with Crippen LogP contribution in [0.25, 0.3) is 0 Å². The van der Waals surface area contributed by atoms with Gasteiger partial charge < -0.3 is 15.5 Å². The predicted molar refractivity (Wildman–Crippen MR) is 75.4 cm³/mol. The van der Waals surface area contributed by atoms with Crippen LogP contribution in [0.2, 0.25) is 0 Å². The average molecular weight is 261 g/mol. The first-order valence-corrected chi connectivity index (χ1v) is 6.31. The van der Waals surface area contributed by atoms with E-state index in [0.717, 1.165) is 23.4 Å². The molecule has 2 N–H and O–H groups in total. The summed E-state index contributed by atoms with van der Waals surface area (Å²) in [6.45, 7) is 6.22. The minimum Gasteiger partial charge on any atom is -0.387 e. The van der Waals surface area contributed by atoms with Crippen molar-refractivity contribution in [3.63, 3.8) is 0 Å². The number of urea groups is 1. The van der Waals surface area contributed by atoms with Gasteiger partial charge in [0.25, 0.3) is 0 Å². The summed E-state index contributed by atoms with van der Waals surface area (Å²) in [7, 11) is 0. The Kier molecular flexibility index (Phi) is 3.74. The fraction of sp³-hybridized carbons (Fsp3) is 0.429. The van der Waals surface area contributed by atoms with Crippen LogP contribution in [0, 0.1) is 6.92 Å². The van der Waals surface area contributed by atoms with E-state index in [2.05, 4.69) is 15.8 Å². The maximum atomic E-state index is 11.8. The van der Waals surface area contributed by atoms with Crippen LogP contribution in [0.3, 0.4) is 0 Å². The van der Waals surface area contributed by atoms with Crippen LogP contribution < -0.4 is 10.6 Å². The number of aryl methyl sites for hydroxylation is 1. The molecule has 0 saturated carbocycles. The highest BCUT2D eigenvalue weighted by molar-refractivity contribution is 5.90. The van der Waals surface area contributed by atoms with Crippen LogP contribution in [-0.2, 0) is 4.84 Å². The minimum atomic E-state index is -0.437. The summed E-state index contributed by atoms with van der Waals surface area (Å²) >= 11 is 0. The first-order chi connectivity index (χ1) is 8.98. The Hall–Kier alpha value is -2.04. The number of nitrogens with one attached hydrogen (secondary N) is 2. The molecule has 2 rings (SSSR count). The molecule has 0 bridgehead atoms. The van der Waals surface area contributed by atoms with Crippen molar-refractivity contribution >= 4 is 17.4 Å². The Balaban J connectivity index is 1.84. The van der Waals surface area contributed by atoms with Crippen LogP contribution in [0.4, 0.5) is 10.5 Å². The molecule has 0 aromatic heterocycles. The zero-order valence-electron chi connectivity index (χ0n) is 11.5. The summed E-state index contributed by atoms with van der Waals surface area (Å²) < 4.78 is 0. The summed E-state index contributed by atoms with van der Waals surface area (Å²) in [5.74, 6) is 0. The van der Waals surface area contributed by atoms with Crippen molar-refractivity contribution in [2.24, 2.45) is 5.16 Å². The lowest BCUT2D eigenvalue weighted by Crippen LogP contribution is -2.42. The molecule has 1 aromatic rings. The number of para-hydroxylation sites is 1. The topological polar surface area (TPSA) is 62.7 Å². The molecule has 0 fully saturated rings. The standard InChI is InChI=1S/C14H19N3O2/c1-10-6-4-5-7-12(10)16-13(18)15-9-14(3)8-11(2)17-19-14/h4-7H,8-9H2,1-3H3,(H2,15,16,18)/t14-/m0/s1. The lowest BCUT2D eigenvalue weighted by molar-refractivity contribution is -0.0000958. The van der Waals surface area contributed by atoms with Crippen molar-refractivity contribution in [1.82, 2.24) is 5.32 Å². The monoisotopic (exact) mass is 261 g/mol. The first-order valence-electron chi connectivity index (χ1n) is 6.31. The maximum Gasteiger partial charge on any atom is 0.319 e. The third kappa shape index (κ3) is 3.47. The molecule has 0 spiro atoms. The van der Waals surface area contributed by atoms with E-state index >= 15 is 0 Å². The molecule has 5 nitrogen and oxygen atoms in total. The van der Waals surface area contributed by atoms with Gasteiger partial charge in [0.05, 0.1) is 12.3 Å². The van der Waals surface area contributed by atoms with E-state index in [9.17, 15) is 4.79 Å². The molecule has 19 heavy (non-hydrogen) atoms. The van der Waals surface area contributed by atoms with Gasteiger partial charge in [0.1, 0.15) is 0 Å². The van der Waals surface area contributed by atoms with Crippen molar-refractivity contribution < 1.29 is 9.63 Å². The van der Waals surface area contributed by atoms with E-state index in [1.807, 2.05) is 45.0 Å². The molecule has 0 saturated heterocycles. The lowest BCUT2D eigenvalue weighted by Gasteiger charge is -2.21. The molecule has 0 aliphatic carbocycles. The van der Waals surface area contributed by atoms with Crippen LogP contribution in [0.1, 0.15) is 25.8 Å². The van der Waals surface area contributed by atoms with Crippen molar-refractivity contribution in [2.45, 2.75) is 32.8 Å². The Morgan fingerprint density at radius 2 is 2.16 bits per heavy atom. The molecule has 1 atom stereocenters. The molecule has 102 valence electrons. The van der Waals surface area contributed by atoms with Gasteiger partial charge in [0.2, 0.25) is 0 Å². The average Bonchev–Trinajstić information content (AvgIpc) is 2.71. The number of carbonyl (C=O) groups excluding carboxylic acids is 1. The summed E-state index contributed by atoms with van der Waals surface area (Å²) in [5.41, 5.74) is 2.35. The molecular formula is C14H19N3O2. The van der Waals surface area contributed by atoms with Gasteiger partial charge in [-0.3, -0.25) is 0 Å². The molecule has 1 heterocycles. The fourth-order valence-electron chi connectivity index (χ4n) is 2.04.